The van der Waals surface area contributed by atoms with Crippen LogP contribution in [0, 0.1) is 0 Å². The van der Waals surface area contributed by atoms with Gasteiger partial charge in [0.05, 0.1) is 6.17 Å². The zero-order chi connectivity index (χ0) is 9.46. The van der Waals surface area contributed by atoms with Crippen molar-refractivity contribution in [1.29, 1.82) is 0 Å². The Balaban J connectivity index is 2.56. The number of nitrogens with zero attached hydrogens (tertiary/aromatic N) is 3. The van der Waals surface area contributed by atoms with Crippen molar-refractivity contribution in [1.82, 2.24) is 15.1 Å². The number of hydrazine groups is 2. The molecule has 12 heavy (non-hydrogen) atoms. The van der Waals surface area contributed by atoms with Gasteiger partial charge in [-0.05, 0) is 34.6 Å². The van der Waals surface area contributed by atoms with Gasteiger partial charge in [-0.2, -0.15) is 5.12 Å². The van der Waals surface area contributed by atoms with E-state index in [1.165, 1.54) is 0 Å². The minimum Gasteiger partial charge on any atom is -0.207 e. The van der Waals surface area contributed by atoms with E-state index >= 15 is 0 Å². The van der Waals surface area contributed by atoms with Gasteiger partial charge in [0.1, 0.15) is 0 Å². The molecule has 0 radical (unpaired) electrons. The van der Waals surface area contributed by atoms with E-state index in [0.29, 0.717) is 18.2 Å². The van der Waals surface area contributed by atoms with E-state index in [-0.39, 0.29) is 0 Å². The van der Waals surface area contributed by atoms with Crippen LogP contribution in [0.25, 0.3) is 0 Å². The van der Waals surface area contributed by atoms with Gasteiger partial charge >= 0.3 is 0 Å². The van der Waals surface area contributed by atoms with E-state index in [0.717, 1.165) is 0 Å². The van der Waals surface area contributed by atoms with Crippen LogP contribution in [-0.4, -0.2) is 40.4 Å². The van der Waals surface area contributed by atoms with E-state index in [1.54, 1.807) is 0 Å². The lowest BCUT2D eigenvalue weighted by atomic mass is 10.2. The third kappa shape index (κ3) is 1.37. The van der Waals surface area contributed by atoms with Crippen molar-refractivity contribution in [2.75, 3.05) is 7.05 Å². The minimum absolute atomic E-state index is 0.551. The van der Waals surface area contributed by atoms with E-state index in [2.05, 4.69) is 56.8 Å². The van der Waals surface area contributed by atoms with Crippen molar-refractivity contribution in [2.45, 2.75) is 52.9 Å². The van der Waals surface area contributed by atoms with Gasteiger partial charge in [-0.1, -0.05) is 0 Å². The summed E-state index contributed by atoms with van der Waals surface area (Å²) in [7, 11) is 2.12. The maximum atomic E-state index is 2.38. The molecule has 0 spiro atoms. The summed E-state index contributed by atoms with van der Waals surface area (Å²) < 4.78 is 0. The molecule has 0 atom stereocenters. The third-order valence-corrected chi connectivity index (χ3v) is 2.49. The molecule has 0 unspecified atom stereocenters. The van der Waals surface area contributed by atoms with Gasteiger partial charge in [0.25, 0.3) is 0 Å². The molecule has 0 bridgehead atoms. The molecular formula is C9H21N3. The highest BCUT2D eigenvalue weighted by molar-refractivity contribution is 4.78. The van der Waals surface area contributed by atoms with Crippen LogP contribution in [0.4, 0.5) is 0 Å². The van der Waals surface area contributed by atoms with Gasteiger partial charge in [0.2, 0.25) is 0 Å². The van der Waals surface area contributed by atoms with Gasteiger partial charge in [0.15, 0.2) is 0 Å². The number of rotatable bonds is 2. The van der Waals surface area contributed by atoms with Crippen molar-refractivity contribution in [3.05, 3.63) is 0 Å². The predicted molar refractivity (Wildman–Crippen MR) is 51.2 cm³/mol. The van der Waals surface area contributed by atoms with Crippen LogP contribution < -0.4 is 0 Å². The largest absolute Gasteiger partial charge is 0.207 e. The van der Waals surface area contributed by atoms with Crippen molar-refractivity contribution in [2.24, 2.45) is 0 Å². The average molecular weight is 171 g/mol. The lowest BCUT2D eigenvalue weighted by molar-refractivity contribution is -0.365. The molecule has 0 N–H and O–H groups in total. The van der Waals surface area contributed by atoms with Crippen LogP contribution in [0.5, 0.6) is 0 Å². The van der Waals surface area contributed by atoms with Crippen LogP contribution in [0.1, 0.15) is 34.6 Å². The summed E-state index contributed by atoms with van der Waals surface area (Å²) in [6.07, 6.45) is 0.551. The molecule has 0 aromatic carbocycles. The highest BCUT2D eigenvalue weighted by Crippen LogP contribution is 2.27. The zero-order valence-electron chi connectivity index (χ0n) is 9.07. The fourth-order valence-electron chi connectivity index (χ4n) is 2.21. The van der Waals surface area contributed by atoms with Crippen molar-refractivity contribution < 1.29 is 0 Å². The molecule has 72 valence electrons. The molecule has 1 aliphatic heterocycles. The minimum atomic E-state index is 0.551. The lowest BCUT2D eigenvalue weighted by Gasteiger charge is -2.60. The molecule has 0 saturated carbocycles. The maximum absolute atomic E-state index is 2.38. The van der Waals surface area contributed by atoms with Crippen molar-refractivity contribution in [3.8, 4) is 0 Å². The Hall–Kier alpha value is -0.120. The van der Waals surface area contributed by atoms with Crippen molar-refractivity contribution >= 4 is 0 Å². The molecule has 1 fully saturated rings. The summed E-state index contributed by atoms with van der Waals surface area (Å²) >= 11 is 0. The highest BCUT2D eigenvalue weighted by atomic mass is 16.0. The van der Waals surface area contributed by atoms with Crippen LogP contribution in [0.15, 0.2) is 0 Å². The first-order valence-corrected chi connectivity index (χ1v) is 4.77. The van der Waals surface area contributed by atoms with E-state index < -0.39 is 0 Å². The number of hydrogen-bond acceptors (Lipinski definition) is 3. The van der Waals surface area contributed by atoms with E-state index in [9.17, 15) is 0 Å². The SMILES string of the molecule is CC(C)N1C(C)N(C(C)C)N1C. The Morgan fingerprint density at radius 3 is 1.42 bits per heavy atom. The first kappa shape index (κ1) is 9.96. The standard InChI is InChI=1S/C9H21N3/c1-7(2)11-9(5)12(8(3)4)10(11)6/h7-9H,1-6H3. The molecular weight excluding hydrogens is 150 g/mol. The Kier molecular flexibility index (Phi) is 2.76. The average Bonchev–Trinajstić information content (AvgIpc) is 1.84. The molecule has 1 aliphatic rings. The zero-order valence-corrected chi connectivity index (χ0v) is 9.07. The second-order valence-electron chi connectivity index (χ2n) is 4.07. The summed E-state index contributed by atoms with van der Waals surface area (Å²) in [4.78, 5) is 0. The smallest absolute Gasteiger partial charge is 0.0897 e. The Labute approximate surface area is 75.9 Å². The summed E-state index contributed by atoms with van der Waals surface area (Å²) in [6.45, 7) is 11.2. The fraction of sp³-hybridized carbons (Fsp3) is 1.00. The Morgan fingerprint density at radius 2 is 1.25 bits per heavy atom. The van der Waals surface area contributed by atoms with Crippen LogP contribution >= 0.6 is 0 Å². The van der Waals surface area contributed by atoms with Crippen LogP contribution in [0.3, 0.4) is 0 Å². The van der Waals surface area contributed by atoms with Crippen LogP contribution in [0.2, 0.25) is 0 Å². The first-order valence-electron chi connectivity index (χ1n) is 4.77. The van der Waals surface area contributed by atoms with Gasteiger partial charge in [-0.25, -0.2) is 10.0 Å². The summed E-state index contributed by atoms with van der Waals surface area (Å²) in [6, 6.07) is 1.19. The van der Waals surface area contributed by atoms with Crippen LogP contribution in [-0.2, 0) is 0 Å². The van der Waals surface area contributed by atoms with E-state index in [1.807, 2.05) is 0 Å². The van der Waals surface area contributed by atoms with Gasteiger partial charge in [-0.3, -0.25) is 0 Å². The molecule has 0 aromatic rings. The molecule has 3 heteroatoms. The summed E-state index contributed by atoms with van der Waals surface area (Å²) in [5.74, 6) is 0. The first-order chi connectivity index (χ1) is 5.46. The molecule has 1 rings (SSSR count). The van der Waals surface area contributed by atoms with Gasteiger partial charge < -0.3 is 0 Å². The molecule has 1 heterocycles. The van der Waals surface area contributed by atoms with E-state index in [4.69, 9.17) is 0 Å². The summed E-state index contributed by atoms with van der Waals surface area (Å²) in [5, 5.41) is 6.97. The maximum Gasteiger partial charge on any atom is 0.0897 e. The number of hydrogen-bond donors (Lipinski definition) is 0. The molecule has 0 aromatic heterocycles. The Morgan fingerprint density at radius 1 is 0.917 bits per heavy atom. The molecule has 3 nitrogen and oxygen atoms in total. The topological polar surface area (TPSA) is 9.72 Å². The highest BCUT2D eigenvalue weighted by Gasteiger charge is 2.41. The molecule has 0 amide bonds. The molecule has 0 aliphatic carbocycles. The second-order valence-corrected chi connectivity index (χ2v) is 4.07. The summed E-state index contributed by atoms with van der Waals surface area (Å²) in [5.41, 5.74) is 0. The van der Waals surface area contributed by atoms with Crippen molar-refractivity contribution in [3.63, 3.8) is 0 Å². The normalized spacial score (nSPS) is 24.0. The quantitative estimate of drug-likeness (QED) is 0.624. The predicted octanol–water partition coefficient (Wildman–Crippen LogP) is 1.53. The second kappa shape index (κ2) is 3.32. The Bertz CT molecular complexity index is 130. The molecule has 1 saturated heterocycles. The lowest BCUT2D eigenvalue weighted by Crippen LogP contribution is -2.75. The third-order valence-electron chi connectivity index (χ3n) is 2.49. The monoisotopic (exact) mass is 171 g/mol. The fourth-order valence-corrected chi connectivity index (χ4v) is 2.21. The van der Waals surface area contributed by atoms with Gasteiger partial charge in [-0.15, -0.1) is 0 Å². The van der Waals surface area contributed by atoms with Gasteiger partial charge in [0, 0.05) is 19.1 Å².